The monoisotopic (exact) mass is 319 g/mol. The third-order valence-electron chi connectivity index (χ3n) is 3.56. The number of nitrogens with zero attached hydrogens (tertiary/aromatic N) is 1. The van der Waals surface area contributed by atoms with Crippen LogP contribution < -0.4 is 15.4 Å². The predicted molar refractivity (Wildman–Crippen MR) is 83.9 cm³/mol. The lowest BCUT2D eigenvalue weighted by Gasteiger charge is -2.29. The molecule has 2 rings (SSSR count). The van der Waals surface area contributed by atoms with Gasteiger partial charge in [0.1, 0.15) is 18.4 Å². The van der Waals surface area contributed by atoms with Gasteiger partial charge in [-0.3, -0.25) is 14.4 Å². The lowest BCUT2D eigenvalue weighted by molar-refractivity contribution is -0.144. The number of rotatable bonds is 6. The topological polar surface area (TPSA) is 87.7 Å². The first-order valence-corrected chi connectivity index (χ1v) is 7.47. The van der Waals surface area contributed by atoms with Crippen LogP contribution in [0.3, 0.4) is 0 Å². The molecule has 124 valence electrons. The summed E-state index contributed by atoms with van der Waals surface area (Å²) < 4.78 is 5.57. The quantitative estimate of drug-likeness (QED) is 0.713. The third-order valence-corrected chi connectivity index (χ3v) is 3.56. The summed E-state index contributed by atoms with van der Waals surface area (Å²) in [4.78, 5) is 36.4. The Hall–Kier alpha value is -2.57. The van der Waals surface area contributed by atoms with Gasteiger partial charge in [0.15, 0.2) is 0 Å². The van der Waals surface area contributed by atoms with Crippen LogP contribution in [-0.4, -0.2) is 55.4 Å². The molecular weight excluding hydrogens is 298 g/mol. The molecule has 7 nitrogen and oxygen atoms in total. The molecule has 1 aliphatic heterocycles. The van der Waals surface area contributed by atoms with Gasteiger partial charge in [0.25, 0.3) is 0 Å². The van der Waals surface area contributed by atoms with Crippen LogP contribution in [0.1, 0.15) is 12.0 Å². The minimum atomic E-state index is -0.793. The number of carbonyl (C=O) groups excluding carboxylic acids is 3. The number of ether oxygens (including phenoxy) is 1. The maximum Gasteiger partial charge on any atom is 0.245 e. The SMILES string of the molecule is Cc1ccccc1OCCNC(=O)C[C@@H]1NC(=O)CN(C)C1=O. The molecule has 7 heteroatoms. The van der Waals surface area contributed by atoms with Crippen LogP contribution in [0.25, 0.3) is 0 Å². The van der Waals surface area contributed by atoms with Gasteiger partial charge in [0.2, 0.25) is 17.7 Å². The fourth-order valence-corrected chi connectivity index (χ4v) is 2.33. The van der Waals surface area contributed by atoms with Gasteiger partial charge in [-0.25, -0.2) is 0 Å². The number of hydrogen-bond donors (Lipinski definition) is 2. The fourth-order valence-electron chi connectivity index (χ4n) is 2.33. The molecule has 1 aromatic carbocycles. The molecule has 0 bridgehead atoms. The molecule has 1 aromatic rings. The minimum Gasteiger partial charge on any atom is -0.491 e. The smallest absolute Gasteiger partial charge is 0.245 e. The Labute approximate surface area is 135 Å². The van der Waals surface area contributed by atoms with Crippen molar-refractivity contribution in [1.82, 2.24) is 15.5 Å². The van der Waals surface area contributed by atoms with E-state index in [4.69, 9.17) is 4.74 Å². The average molecular weight is 319 g/mol. The molecule has 0 aliphatic carbocycles. The number of carbonyl (C=O) groups is 3. The Morgan fingerprint density at radius 2 is 2.13 bits per heavy atom. The van der Waals surface area contributed by atoms with Gasteiger partial charge in [-0.2, -0.15) is 0 Å². The molecule has 1 saturated heterocycles. The van der Waals surface area contributed by atoms with E-state index in [1.165, 1.54) is 4.90 Å². The lowest BCUT2D eigenvalue weighted by atomic mass is 10.1. The maximum absolute atomic E-state index is 11.9. The van der Waals surface area contributed by atoms with E-state index in [2.05, 4.69) is 10.6 Å². The average Bonchev–Trinajstić information content (AvgIpc) is 2.50. The first-order valence-electron chi connectivity index (χ1n) is 7.47. The summed E-state index contributed by atoms with van der Waals surface area (Å²) in [5.41, 5.74) is 1.03. The molecular formula is C16H21N3O4. The van der Waals surface area contributed by atoms with Gasteiger partial charge in [0.05, 0.1) is 19.5 Å². The van der Waals surface area contributed by atoms with E-state index in [-0.39, 0.29) is 30.7 Å². The predicted octanol–water partition coefficient (Wildman–Crippen LogP) is -0.163. The number of piperazine rings is 1. The lowest BCUT2D eigenvalue weighted by Crippen LogP contribution is -2.57. The first kappa shape index (κ1) is 16.8. The summed E-state index contributed by atoms with van der Waals surface area (Å²) in [6.07, 6.45) is -0.0702. The van der Waals surface area contributed by atoms with Gasteiger partial charge in [-0.05, 0) is 18.6 Å². The molecule has 1 fully saturated rings. The van der Waals surface area contributed by atoms with Crippen LogP contribution in [0.5, 0.6) is 5.75 Å². The number of likely N-dealkylation sites (N-methyl/N-ethyl adjacent to an activating group) is 1. The molecule has 0 aromatic heterocycles. The van der Waals surface area contributed by atoms with E-state index in [1.807, 2.05) is 31.2 Å². The summed E-state index contributed by atoms with van der Waals surface area (Å²) in [7, 11) is 1.54. The summed E-state index contributed by atoms with van der Waals surface area (Å²) in [6.45, 7) is 2.64. The summed E-state index contributed by atoms with van der Waals surface area (Å²) in [5, 5.41) is 5.21. The largest absolute Gasteiger partial charge is 0.491 e. The van der Waals surface area contributed by atoms with Crippen molar-refractivity contribution in [2.75, 3.05) is 26.7 Å². The number of amides is 3. The highest BCUT2D eigenvalue weighted by Gasteiger charge is 2.31. The molecule has 0 spiro atoms. The summed E-state index contributed by atoms with van der Waals surface area (Å²) in [6, 6.07) is 6.83. The molecule has 0 radical (unpaired) electrons. The number of para-hydroxylation sites is 1. The Bertz CT molecular complexity index is 603. The van der Waals surface area contributed by atoms with E-state index in [0.29, 0.717) is 13.2 Å². The Balaban J connectivity index is 1.72. The fraction of sp³-hybridized carbons (Fsp3) is 0.438. The second-order valence-electron chi connectivity index (χ2n) is 5.48. The van der Waals surface area contributed by atoms with E-state index in [0.717, 1.165) is 11.3 Å². The molecule has 1 atom stereocenters. The number of aryl methyl sites for hydroxylation is 1. The Kier molecular flexibility index (Phi) is 5.56. The Morgan fingerprint density at radius 1 is 1.39 bits per heavy atom. The van der Waals surface area contributed by atoms with Gasteiger partial charge in [-0.15, -0.1) is 0 Å². The zero-order valence-corrected chi connectivity index (χ0v) is 13.3. The van der Waals surface area contributed by atoms with Crippen LogP contribution in [0.4, 0.5) is 0 Å². The molecule has 0 unspecified atom stereocenters. The molecule has 0 saturated carbocycles. The second-order valence-corrected chi connectivity index (χ2v) is 5.48. The summed E-state index contributed by atoms with van der Waals surface area (Å²) in [5.74, 6) is -0.0332. The van der Waals surface area contributed by atoms with E-state index >= 15 is 0 Å². The zero-order chi connectivity index (χ0) is 16.8. The van der Waals surface area contributed by atoms with Crippen molar-refractivity contribution < 1.29 is 19.1 Å². The number of hydrogen-bond acceptors (Lipinski definition) is 4. The maximum atomic E-state index is 11.9. The molecule has 1 aliphatic rings. The molecule has 1 heterocycles. The van der Waals surface area contributed by atoms with Crippen LogP contribution >= 0.6 is 0 Å². The van der Waals surface area contributed by atoms with Crippen molar-refractivity contribution in [2.24, 2.45) is 0 Å². The summed E-state index contributed by atoms with van der Waals surface area (Å²) >= 11 is 0. The van der Waals surface area contributed by atoms with Crippen molar-refractivity contribution in [3.8, 4) is 5.75 Å². The first-order chi connectivity index (χ1) is 11.0. The van der Waals surface area contributed by atoms with Gasteiger partial charge in [-0.1, -0.05) is 18.2 Å². The molecule has 2 N–H and O–H groups in total. The van der Waals surface area contributed by atoms with Crippen LogP contribution in [0.2, 0.25) is 0 Å². The van der Waals surface area contributed by atoms with Crippen molar-refractivity contribution in [2.45, 2.75) is 19.4 Å². The van der Waals surface area contributed by atoms with Crippen LogP contribution in [0, 0.1) is 6.92 Å². The normalized spacial score (nSPS) is 17.7. The van der Waals surface area contributed by atoms with E-state index in [9.17, 15) is 14.4 Å². The van der Waals surface area contributed by atoms with Gasteiger partial charge >= 0.3 is 0 Å². The van der Waals surface area contributed by atoms with Crippen molar-refractivity contribution in [3.05, 3.63) is 29.8 Å². The van der Waals surface area contributed by atoms with E-state index in [1.54, 1.807) is 7.05 Å². The third kappa shape index (κ3) is 4.70. The highest BCUT2D eigenvalue weighted by atomic mass is 16.5. The Morgan fingerprint density at radius 3 is 2.87 bits per heavy atom. The second kappa shape index (κ2) is 7.62. The molecule has 23 heavy (non-hydrogen) atoms. The van der Waals surface area contributed by atoms with Crippen molar-refractivity contribution in [3.63, 3.8) is 0 Å². The standard InChI is InChI=1S/C16H21N3O4/c1-11-5-3-4-6-13(11)23-8-7-17-14(20)9-12-16(22)19(2)10-15(21)18-12/h3-6,12H,7-10H2,1-2H3,(H,17,20)(H,18,21)/t12-/m0/s1. The number of benzene rings is 1. The van der Waals surface area contributed by atoms with Crippen LogP contribution in [-0.2, 0) is 14.4 Å². The van der Waals surface area contributed by atoms with Gasteiger partial charge in [0, 0.05) is 7.05 Å². The van der Waals surface area contributed by atoms with Crippen molar-refractivity contribution in [1.29, 1.82) is 0 Å². The molecule has 3 amide bonds. The number of nitrogens with one attached hydrogen (secondary N) is 2. The van der Waals surface area contributed by atoms with Gasteiger partial charge < -0.3 is 20.3 Å². The van der Waals surface area contributed by atoms with Crippen molar-refractivity contribution >= 4 is 17.7 Å². The van der Waals surface area contributed by atoms with Crippen LogP contribution in [0.15, 0.2) is 24.3 Å². The highest BCUT2D eigenvalue weighted by Crippen LogP contribution is 2.15. The van der Waals surface area contributed by atoms with E-state index < -0.39 is 6.04 Å². The highest BCUT2D eigenvalue weighted by molar-refractivity contribution is 5.97. The minimum absolute atomic E-state index is 0.0290. The zero-order valence-electron chi connectivity index (χ0n) is 13.3.